The summed E-state index contributed by atoms with van der Waals surface area (Å²) in [6.07, 6.45) is 5.99. The predicted octanol–water partition coefficient (Wildman–Crippen LogP) is 3.54. The van der Waals surface area contributed by atoms with Crippen LogP contribution in [0.5, 0.6) is 0 Å². The predicted molar refractivity (Wildman–Crippen MR) is 94.4 cm³/mol. The van der Waals surface area contributed by atoms with Crippen molar-refractivity contribution < 1.29 is 19.7 Å². The van der Waals surface area contributed by atoms with Crippen LogP contribution in [0.15, 0.2) is 0 Å². The standard InChI is InChI=1S/C20H36O4/c1-13(11-14(21)12-19(2,3)18(23)24-5)15-8-9-16-17(22)7-6-10-20(15,16)4/h13-17,21-22H,6-12H2,1-5H3/t13-,14+,15-,16+,17+,20-/m1/s1. The Morgan fingerprint density at radius 2 is 2.00 bits per heavy atom. The number of rotatable bonds is 6. The Bertz CT molecular complexity index is 447. The molecule has 0 aromatic rings. The lowest BCUT2D eigenvalue weighted by Gasteiger charge is -2.45. The minimum Gasteiger partial charge on any atom is -0.469 e. The molecule has 4 heteroatoms. The maximum atomic E-state index is 11.8. The third-order valence-corrected chi connectivity index (χ3v) is 6.98. The van der Waals surface area contributed by atoms with E-state index in [-0.39, 0.29) is 17.5 Å². The van der Waals surface area contributed by atoms with E-state index >= 15 is 0 Å². The second-order valence-corrected chi connectivity index (χ2v) is 9.20. The molecule has 0 saturated heterocycles. The van der Waals surface area contributed by atoms with E-state index in [0.29, 0.717) is 30.6 Å². The van der Waals surface area contributed by atoms with Gasteiger partial charge in [-0.3, -0.25) is 4.79 Å². The molecule has 2 saturated carbocycles. The van der Waals surface area contributed by atoms with Gasteiger partial charge in [0.05, 0.1) is 24.7 Å². The molecule has 2 fully saturated rings. The summed E-state index contributed by atoms with van der Waals surface area (Å²) in [7, 11) is 1.40. The van der Waals surface area contributed by atoms with Crippen molar-refractivity contribution in [2.45, 2.75) is 84.8 Å². The molecule has 2 rings (SSSR count). The van der Waals surface area contributed by atoms with Crippen molar-refractivity contribution in [3.8, 4) is 0 Å². The molecule has 2 aliphatic carbocycles. The highest BCUT2D eigenvalue weighted by molar-refractivity contribution is 5.75. The van der Waals surface area contributed by atoms with Crippen LogP contribution in [0.4, 0.5) is 0 Å². The van der Waals surface area contributed by atoms with E-state index in [1.54, 1.807) is 0 Å². The van der Waals surface area contributed by atoms with Crippen LogP contribution in [0.25, 0.3) is 0 Å². The number of hydrogen-bond acceptors (Lipinski definition) is 4. The number of carbonyl (C=O) groups is 1. The number of carbonyl (C=O) groups excluding carboxylic acids is 1. The third-order valence-electron chi connectivity index (χ3n) is 6.98. The van der Waals surface area contributed by atoms with Gasteiger partial charge in [-0.25, -0.2) is 0 Å². The van der Waals surface area contributed by atoms with Gasteiger partial charge < -0.3 is 14.9 Å². The van der Waals surface area contributed by atoms with Crippen LogP contribution in [0.1, 0.15) is 72.6 Å². The highest BCUT2D eigenvalue weighted by Gasteiger charge is 2.52. The van der Waals surface area contributed by atoms with Crippen molar-refractivity contribution in [1.82, 2.24) is 0 Å². The normalized spacial score (nSPS) is 36.0. The Hall–Kier alpha value is -0.610. The minimum absolute atomic E-state index is 0.149. The van der Waals surface area contributed by atoms with Gasteiger partial charge in [0.2, 0.25) is 0 Å². The first-order chi connectivity index (χ1) is 11.1. The SMILES string of the molecule is COC(=O)C(C)(C)C[C@@H](O)C[C@@H](C)[C@H]1CC[C@H]2[C@@H](O)CCC[C@]12C. The molecule has 2 N–H and O–H groups in total. The van der Waals surface area contributed by atoms with Gasteiger partial charge in [0.1, 0.15) is 0 Å². The van der Waals surface area contributed by atoms with E-state index in [1.165, 1.54) is 13.5 Å². The van der Waals surface area contributed by atoms with Gasteiger partial charge in [0, 0.05) is 0 Å². The lowest BCUT2D eigenvalue weighted by Crippen LogP contribution is -2.42. The Kier molecular flexibility index (Phi) is 6.02. The molecular formula is C20H36O4. The van der Waals surface area contributed by atoms with Crippen LogP contribution in [0.3, 0.4) is 0 Å². The minimum atomic E-state index is -0.656. The molecule has 0 amide bonds. The molecule has 140 valence electrons. The van der Waals surface area contributed by atoms with E-state index < -0.39 is 11.5 Å². The zero-order valence-corrected chi connectivity index (χ0v) is 16.0. The van der Waals surface area contributed by atoms with Crippen LogP contribution >= 0.6 is 0 Å². The molecule has 24 heavy (non-hydrogen) atoms. The average molecular weight is 341 g/mol. The molecule has 0 aromatic carbocycles. The first-order valence-corrected chi connectivity index (χ1v) is 9.56. The summed E-state index contributed by atoms with van der Waals surface area (Å²) < 4.78 is 4.84. The fourth-order valence-corrected chi connectivity index (χ4v) is 5.75. The maximum Gasteiger partial charge on any atom is 0.311 e. The monoisotopic (exact) mass is 340 g/mol. The van der Waals surface area contributed by atoms with E-state index in [4.69, 9.17) is 4.74 Å². The lowest BCUT2D eigenvalue weighted by atomic mass is 9.61. The van der Waals surface area contributed by atoms with Crippen molar-refractivity contribution in [3.05, 3.63) is 0 Å². The molecule has 0 unspecified atom stereocenters. The molecule has 0 aromatic heterocycles. The fourth-order valence-electron chi connectivity index (χ4n) is 5.75. The summed E-state index contributed by atoms with van der Waals surface area (Å²) in [6.45, 7) is 8.24. The fraction of sp³-hybridized carbons (Fsp3) is 0.950. The molecule has 2 aliphatic rings. The zero-order valence-electron chi connectivity index (χ0n) is 16.0. The highest BCUT2D eigenvalue weighted by atomic mass is 16.5. The summed E-state index contributed by atoms with van der Waals surface area (Å²) in [5, 5.41) is 20.9. The number of aliphatic hydroxyl groups excluding tert-OH is 2. The number of aliphatic hydroxyl groups is 2. The smallest absolute Gasteiger partial charge is 0.311 e. The Labute approximate surface area is 147 Å². The van der Waals surface area contributed by atoms with Gasteiger partial charge in [-0.15, -0.1) is 0 Å². The molecule has 0 aliphatic heterocycles. The second-order valence-electron chi connectivity index (χ2n) is 9.20. The number of hydrogen-bond donors (Lipinski definition) is 2. The van der Waals surface area contributed by atoms with Crippen molar-refractivity contribution in [1.29, 1.82) is 0 Å². The van der Waals surface area contributed by atoms with Gasteiger partial charge in [0.15, 0.2) is 0 Å². The van der Waals surface area contributed by atoms with Crippen LogP contribution in [0, 0.1) is 28.6 Å². The summed E-state index contributed by atoms with van der Waals surface area (Å²) in [5.41, 5.74) is -0.453. The van der Waals surface area contributed by atoms with Gasteiger partial charge in [-0.2, -0.15) is 0 Å². The lowest BCUT2D eigenvalue weighted by molar-refractivity contribution is -0.152. The molecule has 0 spiro atoms. The van der Waals surface area contributed by atoms with Gasteiger partial charge in [0.25, 0.3) is 0 Å². The molecule has 0 radical (unpaired) electrons. The van der Waals surface area contributed by atoms with Gasteiger partial charge in [-0.1, -0.05) is 20.3 Å². The largest absolute Gasteiger partial charge is 0.469 e. The van der Waals surface area contributed by atoms with E-state index in [9.17, 15) is 15.0 Å². The van der Waals surface area contributed by atoms with Crippen molar-refractivity contribution in [2.75, 3.05) is 7.11 Å². The van der Waals surface area contributed by atoms with Gasteiger partial charge in [-0.05, 0) is 75.5 Å². The van der Waals surface area contributed by atoms with E-state index in [0.717, 1.165) is 25.7 Å². The summed E-state index contributed by atoms with van der Waals surface area (Å²) >= 11 is 0. The average Bonchev–Trinajstić information content (AvgIpc) is 2.84. The third kappa shape index (κ3) is 3.80. The Morgan fingerprint density at radius 3 is 2.62 bits per heavy atom. The molecule has 4 nitrogen and oxygen atoms in total. The van der Waals surface area contributed by atoms with E-state index in [2.05, 4.69) is 13.8 Å². The van der Waals surface area contributed by atoms with E-state index in [1.807, 2.05) is 13.8 Å². The number of fused-ring (bicyclic) bond motifs is 1. The van der Waals surface area contributed by atoms with Crippen molar-refractivity contribution >= 4 is 5.97 Å². The highest BCUT2D eigenvalue weighted by Crippen LogP contribution is 2.58. The first kappa shape index (κ1) is 19.7. The number of methoxy groups -OCH3 is 1. The number of esters is 1. The zero-order chi connectivity index (χ0) is 18.1. The van der Waals surface area contributed by atoms with Crippen LogP contribution in [-0.4, -0.2) is 35.5 Å². The molecule has 0 heterocycles. The van der Waals surface area contributed by atoms with Crippen LogP contribution in [-0.2, 0) is 9.53 Å². The molecular weight excluding hydrogens is 304 g/mol. The van der Waals surface area contributed by atoms with Crippen LogP contribution in [0.2, 0.25) is 0 Å². The summed E-state index contributed by atoms with van der Waals surface area (Å²) in [4.78, 5) is 11.8. The Morgan fingerprint density at radius 1 is 1.33 bits per heavy atom. The summed E-state index contributed by atoms with van der Waals surface area (Å²) in [6, 6.07) is 0. The van der Waals surface area contributed by atoms with Gasteiger partial charge >= 0.3 is 5.97 Å². The summed E-state index contributed by atoms with van der Waals surface area (Å²) in [5.74, 6) is 1.10. The molecule has 0 bridgehead atoms. The first-order valence-electron chi connectivity index (χ1n) is 9.56. The molecule has 6 atom stereocenters. The van der Waals surface area contributed by atoms with Crippen molar-refractivity contribution in [3.63, 3.8) is 0 Å². The maximum absolute atomic E-state index is 11.8. The quantitative estimate of drug-likeness (QED) is 0.726. The Balaban J connectivity index is 1.97. The number of ether oxygens (including phenoxy) is 1. The van der Waals surface area contributed by atoms with Crippen LogP contribution < -0.4 is 0 Å². The topological polar surface area (TPSA) is 66.8 Å². The van der Waals surface area contributed by atoms with Crippen molar-refractivity contribution in [2.24, 2.45) is 28.6 Å². The second kappa shape index (κ2) is 7.33.